The maximum Gasteiger partial charge on any atom is 0.312 e. The molecule has 3 N–H and O–H groups in total. The number of hydrogen-bond donors (Lipinski definition) is 2. The number of hydrogen-bond acceptors (Lipinski definition) is 4. The van der Waals surface area contributed by atoms with Crippen LogP contribution in [0.2, 0.25) is 0 Å². The molecule has 1 unspecified atom stereocenters. The molecule has 1 aliphatic rings. The number of nitrogens with zero attached hydrogens (tertiary/aromatic N) is 2. The number of likely N-dealkylation sites (N-methyl/N-ethyl adjacent to an activating group) is 1. The lowest BCUT2D eigenvalue weighted by atomic mass is 9.98. The molecular formula is C14H17N3O4. The van der Waals surface area contributed by atoms with Gasteiger partial charge in [-0.25, -0.2) is 0 Å². The number of benzene rings is 1. The number of rotatable bonds is 4. The van der Waals surface area contributed by atoms with E-state index in [-0.39, 0.29) is 31.4 Å². The maximum absolute atomic E-state index is 12.0. The Labute approximate surface area is 121 Å². The fourth-order valence-electron chi connectivity index (χ4n) is 2.24. The van der Waals surface area contributed by atoms with Crippen molar-refractivity contribution in [1.82, 2.24) is 4.90 Å². The number of aliphatic carboxylic acids is 1. The van der Waals surface area contributed by atoms with Crippen LogP contribution >= 0.6 is 0 Å². The average molecular weight is 291 g/mol. The summed E-state index contributed by atoms with van der Waals surface area (Å²) in [4.78, 5) is 37.6. The van der Waals surface area contributed by atoms with E-state index in [4.69, 9.17) is 10.8 Å². The van der Waals surface area contributed by atoms with Crippen molar-refractivity contribution in [2.45, 2.75) is 5.92 Å². The quantitative estimate of drug-likeness (QED) is 0.787. The standard InChI is InChI=1S/C14H17N3O4/c1-16-7-13(19)17(8-12(16)18)10-4-2-3-9(5-10)11(6-15)14(20)21/h2-5,11H,6-8,15H2,1H3,(H,20,21). The van der Waals surface area contributed by atoms with Crippen LogP contribution in [-0.2, 0) is 14.4 Å². The van der Waals surface area contributed by atoms with Crippen LogP contribution in [-0.4, -0.2) is 54.5 Å². The summed E-state index contributed by atoms with van der Waals surface area (Å²) >= 11 is 0. The monoisotopic (exact) mass is 291 g/mol. The molecule has 0 spiro atoms. The molecule has 1 heterocycles. The first kappa shape index (κ1) is 15.0. The lowest BCUT2D eigenvalue weighted by molar-refractivity contribution is -0.138. The fourth-order valence-corrected chi connectivity index (χ4v) is 2.24. The van der Waals surface area contributed by atoms with Gasteiger partial charge in [0.05, 0.1) is 12.5 Å². The second-order valence-corrected chi connectivity index (χ2v) is 4.95. The van der Waals surface area contributed by atoms with Gasteiger partial charge in [-0.15, -0.1) is 0 Å². The van der Waals surface area contributed by atoms with Gasteiger partial charge in [0.15, 0.2) is 0 Å². The molecule has 7 nitrogen and oxygen atoms in total. The minimum atomic E-state index is -1.02. The van der Waals surface area contributed by atoms with Gasteiger partial charge in [0.2, 0.25) is 11.8 Å². The zero-order valence-corrected chi connectivity index (χ0v) is 11.7. The molecule has 0 aromatic heterocycles. The zero-order chi connectivity index (χ0) is 15.6. The number of anilines is 1. The van der Waals surface area contributed by atoms with Gasteiger partial charge in [-0.2, -0.15) is 0 Å². The van der Waals surface area contributed by atoms with Gasteiger partial charge in [0.25, 0.3) is 0 Å². The number of amides is 2. The molecule has 1 saturated heterocycles. The van der Waals surface area contributed by atoms with Crippen molar-refractivity contribution in [3.63, 3.8) is 0 Å². The third-order valence-electron chi connectivity index (χ3n) is 3.51. The predicted molar refractivity (Wildman–Crippen MR) is 75.9 cm³/mol. The third-order valence-corrected chi connectivity index (χ3v) is 3.51. The minimum Gasteiger partial charge on any atom is -0.481 e. The van der Waals surface area contributed by atoms with Crippen LogP contribution in [0.3, 0.4) is 0 Å². The van der Waals surface area contributed by atoms with Gasteiger partial charge >= 0.3 is 5.97 Å². The summed E-state index contributed by atoms with van der Waals surface area (Å²) in [6, 6.07) is 6.58. The molecule has 0 bridgehead atoms. The Hall–Kier alpha value is -2.41. The molecule has 1 aromatic carbocycles. The lowest BCUT2D eigenvalue weighted by Crippen LogP contribution is -2.52. The number of piperazine rings is 1. The van der Waals surface area contributed by atoms with Gasteiger partial charge in [0, 0.05) is 19.3 Å². The SMILES string of the molecule is CN1CC(=O)N(c2cccc(C(CN)C(=O)O)c2)CC1=O. The van der Waals surface area contributed by atoms with E-state index in [1.54, 1.807) is 31.3 Å². The molecule has 2 rings (SSSR count). The van der Waals surface area contributed by atoms with Crippen LogP contribution in [0.15, 0.2) is 24.3 Å². The highest BCUT2D eigenvalue weighted by Crippen LogP contribution is 2.23. The Morgan fingerprint density at radius 2 is 2.05 bits per heavy atom. The van der Waals surface area contributed by atoms with E-state index in [0.29, 0.717) is 11.3 Å². The second kappa shape index (κ2) is 5.92. The molecule has 1 atom stereocenters. The van der Waals surface area contributed by atoms with Crippen molar-refractivity contribution in [3.05, 3.63) is 29.8 Å². The van der Waals surface area contributed by atoms with Gasteiger partial charge in [-0.1, -0.05) is 12.1 Å². The van der Waals surface area contributed by atoms with Crippen molar-refractivity contribution in [1.29, 1.82) is 0 Å². The smallest absolute Gasteiger partial charge is 0.312 e. The highest BCUT2D eigenvalue weighted by atomic mass is 16.4. The first-order valence-corrected chi connectivity index (χ1v) is 6.51. The highest BCUT2D eigenvalue weighted by Gasteiger charge is 2.29. The van der Waals surface area contributed by atoms with E-state index < -0.39 is 11.9 Å². The minimum absolute atomic E-state index is 0.0162. The molecule has 0 aliphatic carbocycles. The van der Waals surface area contributed by atoms with Crippen LogP contribution in [0.25, 0.3) is 0 Å². The molecule has 112 valence electrons. The van der Waals surface area contributed by atoms with Crippen molar-refractivity contribution in [2.75, 3.05) is 31.6 Å². The van der Waals surface area contributed by atoms with Crippen LogP contribution in [0, 0.1) is 0 Å². The van der Waals surface area contributed by atoms with E-state index in [1.165, 1.54) is 9.80 Å². The molecule has 1 fully saturated rings. The fraction of sp³-hybridized carbons (Fsp3) is 0.357. The summed E-state index contributed by atoms with van der Waals surface area (Å²) in [6.45, 7) is -0.0597. The number of nitrogens with two attached hydrogens (primary N) is 1. The summed E-state index contributed by atoms with van der Waals surface area (Å²) in [5.41, 5.74) is 6.51. The van der Waals surface area contributed by atoms with E-state index in [9.17, 15) is 14.4 Å². The third kappa shape index (κ3) is 3.03. The Bertz CT molecular complexity index is 587. The first-order valence-electron chi connectivity index (χ1n) is 6.51. The Morgan fingerprint density at radius 3 is 2.67 bits per heavy atom. The van der Waals surface area contributed by atoms with Gasteiger partial charge in [-0.3, -0.25) is 14.4 Å². The van der Waals surface area contributed by atoms with Crippen molar-refractivity contribution in [2.24, 2.45) is 5.73 Å². The number of carbonyl (C=O) groups is 3. The zero-order valence-electron chi connectivity index (χ0n) is 11.7. The molecular weight excluding hydrogens is 274 g/mol. The summed E-state index contributed by atoms with van der Waals surface area (Å²) in [7, 11) is 1.57. The van der Waals surface area contributed by atoms with Crippen LogP contribution in [0.1, 0.15) is 11.5 Å². The molecule has 0 radical (unpaired) electrons. The normalized spacial score (nSPS) is 17.0. The molecule has 2 amide bonds. The van der Waals surface area contributed by atoms with E-state index >= 15 is 0 Å². The van der Waals surface area contributed by atoms with Crippen molar-refractivity contribution < 1.29 is 19.5 Å². The molecule has 0 saturated carbocycles. The Kier molecular flexibility index (Phi) is 4.23. The topological polar surface area (TPSA) is 104 Å². The van der Waals surface area contributed by atoms with Gasteiger partial charge in [0.1, 0.15) is 6.54 Å². The van der Waals surface area contributed by atoms with E-state index in [0.717, 1.165) is 0 Å². The van der Waals surface area contributed by atoms with Crippen LogP contribution < -0.4 is 10.6 Å². The van der Waals surface area contributed by atoms with Crippen LogP contribution in [0.4, 0.5) is 5.69 Å². The maximum atomic E-state index is 12.0. The Balaban J connectivity index is 2.31. The van der Waals surface area contributed by atoms with E-state index in [2.05, 4.69) is 0 Å². The largest absolute Gasteiger partial charge is 0.481 e. The second-order valence-electron chi connectivity index (χ2n) is 4.95. The molecule has 1 aliphatic heterocycles. The van der Waals surface area contributed by atoms with Crippen molar-refractivity contribution >= 4 is 23.5 Å². The number of carboxylic acid groups (broad SMARTS) is 1. The molecule has 1 aromatic rings. The van der Waals surface area contributed by atoms with Crippen molar-refractivity contribution in [3.8, 4) is 0 Å². The molecule has 7 heteroatoms. The van der Waals surface area contributed by atoms with Gasteiger partial charge < -0.3 is 20.6 Å². The lowest BCUT2D eigenvalue weighted by Gasteiger charge is -2.32. The highest BCUT2D eigenvalue weighted by molar-refractivity contribution is 6.04. The number of carbonyl (C=O) groups excluding carboxylic acids is 2. The Morgan fingerprint density at radius 1 is 1.33 bits per heavy atom. The first-order chi connectivity index (χ1) is 9.93. The summed E-state index contributed by atoms with van der Waals surface area (Å²) in [5.74, 6) is -2.21. The number of carboxylic acids is 1. The summed E-state index contributed by atoms with van der Waals surface area (Å²) in [5, 5.41) is 9.14. The van der Waals surface area contributed by atoms with E-state index in [1.807, 2.05) is 0 Å². The summed E-state index contributed by atoms with van der Waals surface area (Å²) < 4.78 is 0. The average Bonchev–Trinajstić information content (AvgIpc) is 2.43. The summed E-state index contributed by atoms with van der Waals surface area (Å²) in [6.07, 6.45) is 0. The predicted octanol–water partition coefficient (Wildman–Crippen LogP) is -0.381. The molecule has 21 heavy (non-hydrogen) atoms. The van der Waals surface area contributed by atoms with Crippen LogP contribution in [0.5, 0.6) is 0 Å². The van der Waals surface area contributed by atoms with Gasteiger partial charge in [-0.05, 0) is 17.7 Å².